The first kappa shape index (κ1) is 14.7. The largest absolute Gasteiger partial charge is 0.367 e. The molecule has 5 nitrogen and oxygen atoms in total. The molecule has 0 amide bonds. The number of aryl methyl sites for hydroxylation is 1. The van der Waals surface area contributed by atoms with E-state index in [-0.39, 0.29) is 5.78 Å². The van der Waals surface area contributed by atoms with E-state index in [1.54, 1.807) is 7.05 Å². The fourth-order valence-electron chi connectivity index (χ4n) is 2.97. The molecule has 1 aromatic heterocycles. The summed E-state index contributed by atoms with van der Waals surface area (Å²) in [6, 6.07) is 0. The first-order valence-corrected chi connectivity index (χ1v) is 7.53. The van der Waals surface area contributed by atoms with Crippen molar-refractivity contribution in [3.05, 3.63) is 10.3 Å². The minimum Gasteiger partial charge on any atom is -0.367 e. The molecule has 1 aliphatic rings. The molecule has 0 bridgehead atoms. The smallest absolute Gasteiger partial charge is 0.215 e. The molecule has 1 heterocycles. The van der Waals surface area contributed by atoms with Crippen LogP contribution < -0.4 is 0 Å². The molecule has 0 aromatic carbocycles. The summed E-state index contributed by atoms with van der Waals surface area (Å²) in [5.41, 5.74) is -0.202. The summed E-state index contributed by atoms with van der Waals surface area (Å²) in [7, 11) is 1.73. The minimum absolute atomic E-state index is 0.000255. The van der Waals surface area contributed by atoms with Gasteiger partial charge < -0.3 is 4.74 Å². The van der Waals surface area contributed by atoms with Crippen LogP contribution in [0, 0.1) is 5.92 Å². The van der Waals surface area contributed by atoms with Gasteiger partial charge in [-0.25, -0.2) is 4.68 Å². The third-order valence-electron chi connectivity index (χ3n) is 3.79. The van der Waals surface area contributed by atoms with E-state index in [1.807, 2.05) is 6.92 Å². The van der Waals surface area contributed by atoms with Crippen molar-refractivity contribution in [2.24, 2.45) is 13.0 Å². The molecule has 0 saturated heterocycles. The van der Waals surface area contributed by atoms with Crippen LogP contribution in [0.3, 0.4) is 0 Å². The van der Waals surface area contributed by atoms with E-state index < -0.39 is 5.60 Å². The van der Waals surface area contributed by atoms with E-state index >= 15 is 0 Å². The Balaban J connectivity index is 2.36. The molecule has 2 rings (SSSR count). The zero-order valence-electron chi connectivity index (χ0n) is 11.6. The van der Waals surface area contributed by atoms with Crippen LogP contribution in [-0.4, -0.2) is 33.0 Å². The molecule has 1 aliphatic carbocycles. The number of rotatable bonds is 4. The Kier molecular flexibility index (Phi) is 4.40. The van der Waals surface area contributed by atoms with Crippen LogP contribution in [-0.2, 0) is 11.8 Å². The summed E-state index contributed by atoms with van der Waals surface area (Å²) in [6.45, 7) is 4.66. The zero-order valence-corrected chi connectivity index (χ0v) is 13.2. The van der Waals surface area contributed by atoms with Gasteiger partial charge in [0.1, 0.15) is 11.3 Å². The molecule has 0 N–H and O–H groups in total. The van der Waals surface area contributed by atoms with Crippen LogP contribution in [0.25, 0.3) is 0 Å². The summed E-state index contributed by atoms with van der Waals surface area (Å²) < 4.78 is 7.91. The summed E-state index contributed by atoms with van der Waals surface area (Å²) in [4.78, 5) is 12.9. The summed E-state index contributed by atoms with van der Waals surface area (Å²) >= 11 is 3.30. The number of carbonyl (C=O) groups is 1. The third-order valence-corrected chi connectivity index (χ3v) is 4.33. The molecule has 106 valence electrons. The van der Waals surface area contributed by atoms with Gasteiger partial charge in [0, 0.05) is 13.7 Å². The molecule has 0 aliphatic heterocycles. The third kappa shape index (κ3) is 2.74. The lowest BCUT2D eigenvalue weighted by Crippen LogP contribution is -2.46. The number of Topliss-reactive ketones (excluding diaryl/α,β-unsaturated/α-hetero) is 1. The Morgan fingerprint density at radius 2 is 2.37 bits per heavy atom. The van der Waals surface area contributed by atoms with Crippen molar-refractivity contribution in [3.8, 4) is 0 Å². The normalized spacial score (nSPS) is 27.5. The van der Waals surface area contributed by atoms with E-state index in [0.717, 1.165) is 25.7 Å². The van der Waals surface area contributed by atoms with E-state index in [2.05, 4.69) is 33.2 Å². The van der Waals surface area contributed by atoms with Crippen molar-refractivity contribution in [3.63, 3.8) is 0 Å². The van der Waals surface area contributed by atoms with Gasteiger partial charge >= 0.3 is 0 Å². The standard InChI is InChI=1S/C13H20BrN3O2/c1-4-19-13(7-5-6-9(2)8-13)11(18)10-12(14)15-16-17(10)3/h9H,4-8H2,1-3H3. The number of aromatic nitrogens is 3. The summed E-state index contributed by atoms with van der Waals surface area (Å²) in [5.74, 6) is 0.504. The Hall–Kier alpha value is -0.750. The average Bonchev–Trinajstić information content (AvgIpc) is 2.68. The molecule has 0 radical (unpaired) electrons. The second kappa shape index (κ2) is 5.71. The van der Waals surface area contributed by atoms with E-state index in [1.165, 1.54) is 4.68 Å². The van der Waals surface area contributed by atoms with Gasteiger partial charge in [0.2, 0.25) is 5.78 Å². The number of halogens is 1. The van der Waals surface area contributed by atoms with Crippen LogP contribution in [0.2, 0.25) is 0 Å². The maximum absolute atomic E-state index is 12.9. The highest BCUT2D eigenvalue weighted by molar-refractivity contribution is 9.10. The van der Waals surface area contributed by atoms with Crippen molar-refractivity contribution in [1.82, 2.24) is 15.0 Å². The van der Waals surface area contributed by atoms with E-state index in [9.17, 15) is 4.79 Å². The van der Waals surface area contributed by atoms with Crippen LogP contribution >= 0.6 is 15.9 Å². The predicted molar refractivity (Wildman–Crippen MR) is 75.0 cm³/mol. The number of ketones is 1. The highest BCUT2D eigenvalue weighted by Crippen LogP contribution is 2.38. The van der Waals surface area contributed by atoms with Crippen molar-refractivity contribution in [1.29, 1.82) is 0 Å². The average molecular weight is 330 g/mol. The second-order valence-corrected chi connectivity index (χ2v) is 6.06. The van der Waals surface area contributed by atoms with Crippen LogP contribution in [0.5, 0.6) is 0 Å². The molecule has 2 atom stereocenters. The maximum Gasteiger partial charge on any atom is 0.215 e. The van der Waals surface area contributed by atoms with Gasteiger partial charge in [0.05, 0.1) is 0 Å². The topological polar surface area (TPSA) is 57.0 Å². The SMILES string of the molecule is CCOC1(C(=O)c2c(Br)nnn2C)CCCC(C)C1. The van der Waals surface area contributed by atoms with Crippen molar-refractivity contribution >= 4 is 21.7 Å². The van der Waals surface area contributed by atoms with Crippen LogP contribution in [0.1, 0.15) is 50.0 Å². The molecule has 6 heteroatoms. The number of nitrogens with zero attached hydrogens (tertiary/aromatic N) is 3. The maximum atomic E-state index is 12.9. The fraction of sp³-hybridized carbons (Fsp3) is 0.769. The highest BCUT2D eigenvalue weighted by Gasteiger charge is 2.44. The summed E-state index contributed by atoms with van der Waals surface area (Å²) in [6.07, 6.45) is 3.74. The second-order valence-electron chi connectivity index (χ2n) is 5.31. The molecule has 19 heavy (non-hydrogen) atoms. The van der Waals surface area contributed by atoms with Crippen LogP contribution in [0.15, 0.2) is 4.60 Å². The van der Waals surface area contributed by atoms with E-state index in [0.29, 0.717) is 22.8 Å². The van der Waals surface area contributed by atoms with Crippen molar-refractivity contribution < 1.29 is 9.53 Å². The number of carbonyl (C=O) groups excluding carboxylic acids is 1. The van der Waals surface area contributed by atoms with Crippen molar-refractivity contribution in [2.75, 3.05) is 6.61 Å². The monoisotopic (exact) mass is 329 g/mol. The van der Waals surface area contributed by atoms with Crippen LogP contribution in [0.4, 0.5) is 0 Å². The lowest BCUT2D eigenvalue weighted by molar-refractivity contribution is -0.0517. The molecule has 1 fully saturated rings. The molecular weight excluding hydrogens is 310 g/mol. The first-order chi connectivity index (χ1) is 9.00. The fourth-order valence-corrected chi connectivity index (χ4v) is 3.48. The van der Waals surface area contributed by atoms with Gasteiger partial charge in [-0.1, -0.05) is 18.6 Å². The molecule has 2 unspecified atom stereocenters. The molecule has 1 saturated carbocycles. The molecule has 1 aromatic rings. The summed E-state index contributed by atoms with van der Waals surface area (Å²) in [5, 5.41) is 7.78. The zero-order chi connectivity index (χ0) is 14.0. The Labute approximate surface area is 121 Å². The highest BCUT2D eigenvalue weighted by atomic mass is 79.9. The van der Waals surface area contributed by atoms with Gasteiger partial charge in [0.15, 0.2) is 4.60 Å². The predicted octanol–water partition coefficient (Wildman–Crippen LogP) is 2.75. The van der Waals surface area contributed by atoms with Crippen molar-refractivity contribution in [2.45, 2.75) is 45.1 Å². The van der Waals surface area contributed by atoms with Gasteiger partial charge in [0.25, 0.3) is 0 Å². The Bertz CT molecular complexity index is 451. The van der Waals surface area contributed by atoms with Gasteiger partial charge in [-0.2, -0.15) is 0 Å². The quantitative estimate of drug-likeness (QED) is 0.797. The Morgan fingerprint density at radius 3 is 2.89 bits per heavy atom. The minimum atomic E-state index is -0.704. The first-order valence-electron chi connectivity index (χ1n) is 6.74. The van der Waals surface area contributed by atoms with E-state index in [4.69, 9.17) is 4.74 Å². The Morgan fingerprint density at radius 1 is 1.63 bits per heavy atom. The van der Waals surface area contributed by atoms with Gasteiger partial charge in [-0.3, -0.25) is 4.79 Å². The number of hydrogen-bond donors (Lipinski definition) is 0. The lowest BCUT2D eigenvalue weighted by atomic mass is 9.75. The molecule has 0 spiro atoms. The number of hydrogen-bond acceptors (Lipinski definition) is 4. The van der Waals surface area contributed by atoms with Gasteiger partial charge in [-0.05, 0) is 48.0 Å². The lowest BCUT2D eigenvalue weighted by Gasteiger charge is -2.38. The van der Waals surface area contributed by atoms with Gasteiger partial charge in [-0.15, -0.1) is 5.10 Å². The molecular formula is C13H20BrN3O2. The number of ether oxygens (including phenoxy) is 1.